The number of fused-ring (bicyclic) bond motifs is 1. The van der Waals surface area contributed by atoms with E-state index in [0.29, 0.717) is 30.7 Å². The Bertz CT molecular complexity index is 1240. The zero-order valence-electron chi connectivity index (χ0n) is 19.3. The minimum atomic E-state index is -0.794. The van der Waals surface area contributed by atoms with Crippen molar-refractivity contribution in [1.29, 1.82) is 0 Å². The number of phenolic OH excluding ortho intramolecular Hbond substituents is 1. The lowest BCUT2D eigenvalue weighted by Crippen LogP contribution is -2.34. The van der Waals surface area contributed by atoms with Crippen LogP contribution in [0.5, 0.6) is 28.7 Å². The quantitative estimate of drug-likeness (QED) is 0.228. The molecule has 10 heteroatoms. The molecule has 0 bridgehead atoms. The van der Waals surface area contributed by atoms with Crippen LogP contribution < -0.4 is 35.8 Å². The number of methoxy groups -OCH3 is 3. The lowest BCUT2D eigenvalue weighted by Gasteiger charge is -2.15. The fourth-order valence-corrected chi connectivity index (χ4v) is 3.45. The van der Waals surface area contributed by atoms with Crippen LogP contribution in [0.25, 0.3) is 22.3 Å². The van der Waals surface area contributed by atoms with Gasteiger partial charge in [0.1, 0.15) is 28.5 Å². The molecule has 1 aromatic heterocycles. The first-order valence-electron chi connectivity index (χ1n) is 10.6. The molecule has 0 aliphatic heterocycles. The number of ether oxygens (including phenoxy) is 4. The molecule has 34 heavy (non-hydrogen) atoms. The summed E-state index contributed by atoms with van der Waals surface area (Å²) in [4.78, 5) is 25.4. The van der Waals surface area contributed by atoms with E-state index in [2.05, 4.69) is 0 Å². The summed E-state index contributed by atoms with van der Waals surface area (Å²) in [6.07, 6.45) is 1.93. The molecule has 0 spiro atoms. The van der Waals surface area contributed by atoms with Gasteiger partial charge in [0.25, 0.3) is 0 Å². The van der Waals surface area contributed by atoms with Crippen molar-refractivity contribution in [3.63, 3.8) is 0 Å². The molecule has 3 rings (SSSR count). The van der Waals surface area contributed by atoms with Crippen LogP contribution in [0.15, 0.2) is 39.5 Å². The smallest absolute Gasteiger partial charge is 0.328 e. The van der Waals surface area contributed by atoms with E-state index in [-0.39, 0.29) is 39.7 Å². The largest absolute Gasteiger partial charge is 0.507 e. The van der Waals surface area contributed by atoms with Gasteiger partial charge in [-0.1, -0.05) is 6.42 Å². The standard InChI is InChI=1S/C24H28N2O8/c1-30-14-11-16(27)20-19(12-14)33-22(23(32-3)21(20)28)13-7-8-17(18(10-13)31-2)34-24(29)15(26)6-4-5-9-25/h7-8,10-12,15,27H,4-6,9,25-26H2,1-3H3/t15-/m0/s1. The Morgan fingerprint density at radius 3 is 2.47 bits per heavy atom. The van der Waals surface area contributed by atoms with E-state index < -0.39 is 17.4 Å². The zero-order chi connectivity index (χ0) is 24.8. The van der Waals surface area contributed by atoms with Crippen LogP contribution in [-0.4, -0.2) is 45.0 Å². The van der Waals surface area contributed by atoms with Crippen LogP contribution >= 0.6 is 0 Å². The van der Waals surface area contributed by atoms with E-state index >= 15 is 0 Å². The number of rotatable bonds is 10. The van der Waals surface area contributed by atoms with Gasteiger partial charge in [0, 0.05) is 17.7 Å². The van der Waals surface area contributed by atoms with Crippen LogP contribution in [0.3, 0.4) is 0 Å². The summed E-state index contributed by atoms with van der Waals surface area (Å²) in [5.41, 5.74) is 11.3. The number of phenols is 1. The Balaban J connectivity index is 2.01. The Kier molecular flexibility index (Phi) is 7.98. The van der Waals surface area contributed by atoms with E-state index in [1.807, 2.05) is 0 Å². The molecule has 0 fully saturated rings. The van der Waals surface area contributed by atoms with Gasteiger partial charge in [-0.2, -0.15) is 0 Å². The summed E-state index contributed by atoms with van der Waals surface area (Å²) >= 11 is 0. The summed E-state index contributed by atoms with van der Waals surface area (Å²) in [6, 6.07) is 6.62. The highest BCUT2D eigenvalue weighted by atomic mass is 16.6. The number of aromatic hydroxyl groups is 1. The fraction of sp³-hybridized carbons (Fsp3) is 0.333. The van der Waals surface area contributed by atoms with Crippen LogP contribution in [0, 0.1) is 0 Å². The normalized spacial score (nSPS) is 11.8. The van der Waals surface area contributed by atoms with Crippen LogP contribution in [0.1, 0.15) is 19.3 Å². The van der Waals surface area contributed by atoms with Gasteiger partial charge in [0.2, 0.25) is 11.2 Å². The number of esters is 1. The van der Waals surface area contributed by atoms with E-state index in [1.54, 1.807) is 6.07 Å². The number of hydrogen-bond donors (Lipinski definition) is 3. The molecule has 182 valence electrons. The summed E-state index contributed by atoms with van der Waals surface area (Å²) in [5.74, 6) is -0.211. The Morgan fingerprint density at radius 2 is 1.82 bits per heavy atom. The van der Waals surface area contributed by atoms with Gasteiger partial charge in [-0.15, -0.1) is 0 Å². The zero-order valence-corrected chi connectivity index (χ0v) is 19.3. The number of carbonyl (C=O) groups excluding carboxylic acids is 1. The van der Waals surface area contributed by atoms with Gasteiger partial charge in [-0.25, -0.2) is 4.79 Å². The van der Waals surface area contributed by atoms with Gasteiger partial charge >= 0.3 is 5.97 Å². The molecule has 5 N–H and O–H groups in total. The second-order valence-corrected chi connectivity index (χ2v) is 7.49. The number of nitrogens with two attached hydrogens (primary N) is 2. The molecule has 0 radical (unpaired) electrons. The van der Waals surface area contributed by atoms with Crippen LogP contribution in [-0.2, 0) is 4.79 Å². The lowest BCUT2D eigenvalue weighted by atomic mass is 10.1. The van der Waals surface area contributed by atoms with Gasteiger partial charge in [-0.3, -0.25) is 4.79 Å². The van der Waals surface area contributed by atoms with Crippen molar-refractivity contribution in [1.82, 2.24) is 0 Å². The van der Waals surface area contributed by atoms with Crippen molar-refractivity contribution in [2.45, 2.75) is 25.3 Å². The van der Waals surface area contributed by atoms with Gasteiger partial charge < -0.3 is 39.9 Å². The third-order valence-corrected chi connectivity index (χ3v) is 5.25. The molecule has 10 nitrogen and oxygen atoms in total. The number of carbonyl (C=O) groups is 1. The average Bonchev–Trinajstić information content (AvgIpc) is 2.83. The van der Waals surface area contributed by atoms with E-state index in [1.165, 1.54) is 45.6 Å². The maximum absolute atomic E-state index is 13.0. The van der Waals surface area contributed by atoms with Crippen molar-refractivity contribution < 1.29 is 33.3 Å². The monoisotopic (exact) mass is 472 g/mol. The Morgan fingerprint density at radius 1 is 1.06 bits per heavy atom. The first kappa shape index (κ1) is 24.9. The van der Waals surface area contributed by atoms with Crippen molar-refractivity contribution in [3.05, 3.63) is 40.6 Å². The van der Waals surface area contributed by atoms with Crippen molar-refractivity contribution in [2.75, 3.05) is 27.9 Å². The minimum absolute atomic E-state index is 0.0393. The predicted octanol–water partition coefficient (Wildman–Crippen LogP) is 2.55. The third kappa shape index (κ3) is 5.08. The van der Waals surface area contributed by atoms with Crippen molar-refractivity contribution in [2.24, 2.45) is 11.5 Å². The van der Waals surface area contributed by atoms with Crippen molar-refractivity contribution in [3.8, 4) is 40.1 Å². The Hall–Kier alpha value is -3.76. The molecule has 3 aromatic rings. The summed E-state index contributed by atoms with van der Waals surface area (Å²) < 4.78 is 27.2. The molecule has 1 atom stereocenters. The summed E-state index contributed by atoms with van der Waals surface area (Å²) in [6.45, 7) is 0.526. The maximum Gasteiger partial charge on any atom is 0.328 e. The highest BCUT2D eigenvalue weighted by Crippen LogP contribution is 2.39. The van der Waals surface area contributed by atoms with E-state index in [0.717, 1.165) is 6.42 Å². The average molecular weight is 472 g/mol. The predicted molar refractivity (Wildman–Crippen MR) is 126 cm³/mol. The molecular weight excluding hydrogens is 444 g/mol. The molecule has 0 amide bonds. The number of unbranched alkanes of at least 4 members (excludes halogenated alkanes) is 1. The van der Waals surface area contributed by atoms with Gasteiger partial charge in [0.15, 0.2) is 17.3 Å². The lowest BCUT2D eigenvalue weighted by molar-refractivity contribution is -0.136. The first-order valence-corrected chi connectivity index (χ1v) is 10.6. The number of hydrogen-bond acceptors (Lipinski definition) is 10. The highest BCUT2D eigenvalue weighted by Gasteiger charge is 2.23. The van der Waals surface area contributed by atoms with E-state index in [4.69, 9.17) is 34.8 Å². The molecule has 0 aliphatic rings. The first-order chi connectivity index (χ1) is 16.3. The minimum Gasteiger partial charge on any atom is -0.507 e. The second kappa shape index (κ2) is 10.9. The highest BCUT2D eigenvalue weighted by molar-refractivity contribution is 5.88. The molecule has 0 aliphatic carbocycles. The molecular formula is C24H28N2O8. The molecule has 0 unspecified atom stereocenters. The fourth-order valence-electron chi connectivity index (χ4n) is 3.45. The van der Waals surface area contributed by atoms with E-state index in [9.17, 15) is 14.7 Å². The Labute approximate surface area is 196 Å². The van der Waals surface area contributed by atoms with Crippen LogP contribution in [0.4, 0.5) is 0 Å². The maximum atomic E-state index is 13.0. The second-order valence-electron chi connectivity index (χ2n) is 7.49. The topological polar surface area (TPSA) is 156 Å². The summed E-state index contributed by atoms with van der Waals surface area (Å²) in [7, 11) is 4.16. The van der Waals surface area contributed by atoms with Crippen LogP contribution in [0.2, 0.25) is 0 Å². The van der Waals surface area contributed by atoms with Crippen molar-refractivity contribution >= 4 is 16.9 Å². The van der Waals surface area contributed by atoms with Gasteiger partial charge in [0.05, 0.1) is 21.3 Å². The molecule has 2 aromatic carbocycles. The third-order valence-electron chi connectivity index (χ3n) is 5.25. The molecule has 0 saturated heterocycles. The summed E-state index contributed by atoms with van der Waals surface area (Å²) in [5, 5.41) is 10.2. The van der Waals surface area contributed by atoms with Gasteiger partial charge in [-0.05, 0) is 37.6 Å². The molecule has 0 saturated carbocycles. The SMILES string of the molecule is COc1cc(O)c2c(=O)c(OC)c(-c3ccc(OC(=O)[C@@H](N)CCCCN)c(OC)c3)oc2c1. The number of benzene rings is 2. The molecule has 1 heterocycles.